The van der Waals surface area contributed by atoms with Crippen LogP contribution >= 0.6 is 0 Å². The highest BCUT2D eigenvalue weighted by molar-refractivity contribution is 6.04. The fourth-order valence-corrected chi connectivity index (χ4v) is 3.01. The first kappa shape index (κ1) is 15.0. The fraction of sp³-hybridized carbons (Fsp3) is 0.733. The van der Waals surface area contributed by atoms with Crippen LogP contribution in [-0.4, -0.2) is 38.3 Å². The minimum atomic E-state index is -1.15. The molecule has 1 aliphatic heterocycles. The summed E-state index contributed by atoms with van der Waals surface area (Å²) in [7, 11) is 0. The molecule has 1 fully saturated rings. The zero-order chi connectivity index (χ0) is 15.6. The molecule has 22 heavy (non-hydrogen) atoms. The van der Waals surface area contributed by atoms with E-state index in [2.05, 4.69) is 20.1 Å². The van der Waals surface area contributed by atoms with E-state index in [1.165, 1.54) is 12.8 Å². The molecule has 0 spiro atoms. The number of aliphatic carboxylic acids is 1. The molecule has 7 nitrogen and oxygen atoms in total. The molecule has 0 radical (unpaired) electrons. The number of carboxylic acid groups (broad SMARTS) is 1. The van der Waals surface area contributed by atoms with Crippen LogP contribution in [0, 0.1) is 5.41 Å². The van der Waals surface area contributed by atoms with E-state index in [1.54, 1.807) is 0 Å². The number of rotatable bonds is 6. The van der Waals surface area contributed by atoms with Crippen LogP contribution in [0.2, 0.25) is 0 Å². The zero-order valence-electron chi connectivity index (χ0n) is 12.7. The van der Waals surface area contributed by atoms with Gasteiger partial charge < -0.3 is 15.0 Å². The third-order valence-electron chi connectivity index (χ3n) is 4.64. The van der Waals surface area contributed by atoms with Crippen LogP contribution in [0.25, 0.3) is 0 Å². The molecule has 1 aromatic rings. The number of hydrogen-bond acceptors (Lipinski definition) is 4. The maximum Gasteiger partial charge on any atom is 0.319 e. The molecule has 0 bridgehead atoms. The van der Waals surface area contributed by atoms with Crippen LogP contribution in [0.1, 0.15) is 50.2 Å². The number of amides is 1. The van der Waals surface area contributed by atoms with Gasteiger partial charge in [-0.3, -0.25) is 9.59 Å². The van der Waals surface area contributed by atoms with Gasteiger partial charge >= 0.3 is 5.97 Å². The van der Waals surface area contributed by atoms with E-state index >= 15 is 0 Å². The van der Waals surface area contributed by atoms with Crippen molar-refractivity contribution < 1.29 is 14.7 Å². The van der Waals surface area contributed by atoms with Crippen molar-refractivity contribution in [3.8, 4) is 0 Å². The normalized spacial score (nSPS) is 19.1. The van der Waals surface area contributed by atoms with Crippen molar-refractivity contribution in [2.45, 2.75) is 57.9 Å². The molecule has 2 heterocycles. The van der Waals surface area contributed by atoms with Gasteiger partial charge in [0.05, 0.1) is 0 Å². The minimum absolute atomic E-state index is 0.347. The predicted octanol–water partition coefficient (Wildman–Crippen LogP) is 0.918. The van der Waals surface area contributed by atoms with Gasteiger partial charge in [-0.25, -0.2) is 0 Å². The molecule has 1 amide bonds. The van der Waals surface area contributed by atoms with E-state index in [0.29, 0.717) is 19.4 Å². The van der Waals surface area contributed by atoms with Crippen molar-refractivity contribution in [3.05, 3.63) is 11.6 Å². The average Bonchev–Trinajstić information content (AvgIpc) is 3.27. The molecular weight excluding hydrogens is 284 g/mol. The van der Waals surface area contributed by atoms with Gasteiger partial charge in [0.2, 0.25) is 5.91 Å². The lowest BCUT2D eigenvalue weighted by Crippen LogP contribution is -2.37. The van der Waals surface area contributed by atoms with Gasteiger partial charge in [-0.2, -0.15) is 0 Å². The maximum absolute atomic E-state index is 11.9. The number of aromatic nitrogens is 3. The van der Waals surface area contributed by atoms with Crippen LogP contribution in [0.3, 0.4) is 0 Å². The topological polar surface area (TPSA) is 97.1 Å². The number of aryl methyl sites for hydroxylation is 2. The van der Waals surface area contributed by atoms with Crippen molar-refractivity contribution >= 4 is 11.9 Å². The molecular formula is C15H22N4O3. The Morgan fingerprint density at radius 3 is 2.77 bits per heavy atom. The standard InChI is InChI=1S/C15H22N4O3/c20-13(15(7-8-15)14(21)22)16-9-4-6-12-18-17-11-5-2-1-3-10-19(11)12/h1-10H2,(H,16,20)(H,21,22). The van der Waals surface area contributed by atoms with Crippen LogP contribution in [0.15, 0.2) is 0 Å². The van der Waals surface area contributed by atoms with E-state index < -0.39 is 11.4 Å². The number of hydrogen-bond donors (Lipinski definition) is 2. The zero-order valence-corrected chi connectivity index (χ0v) is 12.7. The third kappa shape index (κ3) is 2.84. The van der Waals surface area contributed by atoms with E-state index in [0.717, 1.165) is 43.9 Å². The number of nitrogens with zero attached hydrogens (tertiary/aromatic N) is 3. The summed E-state index contributed by atoms with van der Waals surface area (Å²) >= 11 is 0. The van der Waals surface area contributed by atoms with Gasteiger partial charge in [-0.05, 0) is 32.1 Å². The lowest BCUT2D eigenvalue weighted by Gasteiger charge is -2.11. The number of fused-ring (bicyclic) bond motifs is 1. The molecule has 1 saturated carbocycles. The van der Waals surface area contributed by atoms with Gasteiger partial charge in [0.15, 0.2) is 0 Å². The molecule has 120 valence electrons. The molecule has 1 aromatic heterocycles. The molecule has 0 atom stereocenters. The summed E-state index contributed by atoms with van der Waals surface area (Å²) in [6, 6.07) is 0. The second kappa shape index (κ2) is 6.06. The summed E-state index contributed by atoms with van der Waals surface area (Å²) in [4.78, 5) is 22.9. The SMILES string of the molecule is O=C(O)C1(C(=O)NCCCc2nnc3n2CCCCC3)CC1. The van der Waals surface area contributed by atoms with Crippen molar-refractivity contribution in [2.75, 3.05) is 6.54 Å². The second-order valence-corrected chi connectivity index (χ2v) is 6.24. The molecule has 0 saturated heterocycles. The van der Waals surface area contributed by atoms with Crippen LogP contribution in [0.5, 0.6) is 0 Å². The lowest BCUT2D eigenvalue weighted by atomic mass is 10.1. The van der Waals surface area contributed by atoms with E-state index in [1.807, 2.05) is 0 Å². The Balaban J connectivity index is 1.47. The van der Waals surface area contributed by atoms with E-state index in [4.69, 9.17) is 5.11 Å². The van der Waals surface area contributed by atoms with Gasteiger partial charge in [0.25, 0.3) is 0 Å². The highest BCUT2D eigenvalue weighted by Gasteiger charge is 2.56. The van der Waals surface area contributed by atoms with Gasteiger partial charge in [-0.15, -0.1) is 10.2 Å². The molecule has 7 heteroatoms. The summed E-state index contributed by atoms with van der Waals surface area (Å²) < 4.78 is 2.20. The maximum atomic E-state index is 11.9. The second-order valence-electron chi connectivity index (χ2n) is 6.24. The lowest BCUT2D eigenvalue weighted by molar-refractivity contribution is -0.149. The average molecular weight is 306 g/mol. The van der Waals surface area contributed by atoms with Crippen LogP contribution in [-0.2, 0) is 29.0 Å². The van der Waals surface area contributed by atoms with Crippen LogP contribution in [0.4, 0.5) is 0 Å². The summed E-state index contributed by atoms with van der Waals surface area (Å²) in [6.45, 7) is 1.46. The Hall–Kier alpha value is -1.92. The first-order valence-electron chi connectivity index (χ1n) is 8.06. The Kier molecular flexibility index (Phi) is 4.13. The summed E-state index contributed by atoms with van der Waals surface area (Å²) in [5.74, 6) is 0.692. The predicted molar refractivity (Wildman–Crippen MR) is 78.2 cm³/mol. The molecule has 0 aromatic carbocycles. The van der Waals surface area contributed by atoms with Crippen LogP contribution < -0.4 is 5.32 Å². The smallest absolute Gasteiger partial charge is 0.319 e. The van der Waals surface area contributed by atoms with Gasteiger partial charge in [0.1, 0.15) is 17.1 Å². The summed E-state index contributed by atoms with van der Waals surface area (Å²) in [5.41, 5.74) is -1.15. The fourth-order valence-electron chi connectivity index (χ4n) is 3.01. The highest BCUT2D eigenvalue weighted by Crippen LogP contribution is 2.46. The minimum Gasteiger partial charge on any atom is -0.480 e. The first-order chi connectivity index (χ1) is 10.6. The number of carboxylic acids is 1. The number of nitrogens with one attached hydrogen (secondary N) is 1. The quantitative estimate of drug-likeness (QED) is 0.601. The molecule has 3 rings (SSSR count). The van der Waals surface area contributed by atoms with Crippen molar-refractivity contribution in [2.24, 2.45) is 5.41 Å². The van der Waals surface area contributed by atoms with Crippen molar-refractivity contribution in [3.63, 3.8) is 0 Å². The molecule has 2 aliphatic rings. The Labute approximate surface area is 129 Å². The third-order valence-corrected chi connectivity index (χ3v) is 4.64. The largest absolute Gasteiger partial charge is 0.480 e. The van der Waals surface area contributed by atoms with Gasteiger partial charge in [0, 0.05) is 25.9 Å². The Morgan fingerprint density at radius 2 is 2.05 bits per heavy atom. The Morgan fingerprint density at radius 1 is 1.23 bits per heavy atom. The summed E-state index contributed by atoms with van der Waals surface area (Å²) in [5, 5.41) is 20.3. The monoisotopic (exact) mass is 306 g/mol. The van der Waals surface area contributed by atoms with Crippen molar-refractivity contribution in [1.29, 1.82) is 0 Å². The van der Waals surface area contributed by atoms with Crippen molar-refractivity contribution in [1.82, 2.24) is 20.1 Å². The molecule has 1 aliphatic carbocycles. The summed E-state index contributed by atoms with van der Waals surface area (Å²) in [6.07, 6.45) is 6.97. The molecule has 0 unspecified atom stereocenters. The first-order valence-corrected chi connectivity index (χ1v) is 8.06. The van der Waals surface area contributed by atoms with E-state index in [9.17, 15) is 9.59 Å². The van der Waals surface area contributed by atoms with Gasteiger partial charge in [-0.1, -0.05) is 6.42 Å². The Bertz CT molecular complexity index is 577. The number of carbonyl (C=O) groups excluding carboxylic acids is 1. The highest BCUT2D eigenvalue weighted by atomic mass is 16.4. The molecule has 2 N–H and O–H groups in total. The number of carbonyl (C=O) groups is 2. The van der Waals surface area contributed by atoms with E-state index in [-0.39, 0.29) is 5.91 Å².